The summed E-state index contributed by atoms with van der Waals surface area (Å²) >= 11 is 3.12. The van der Waals surface area contributed by atoms with Gasteiger partial charge in [-0.15, -0.1) is 5.10 Å². The third-order valence-electron chi connectivity index (χ3n) is 3.50. The first kappa shape index (κ1) is 16.3. The molecule has 0 spiro atoms. The molecule has 0 aliphatic carbocycles. The average Bonchev–Trinajstić information content (AvgIpc) is 2.52. The molecule has 24 heavy (non-hydrogen) atoms. The molecule has 0 atom stereocenters. The molecular weight excluding hydrogens is 384 g/mol. The SMILES string of the molecule is Cc1cnnc2c(F)c(Nc3ccc(Br)cc3F)c(C(=O)O)cc12. The Labute approximate surface area is 143 Å². The summed E-state index contributed by atoms with van der Waals surface area (Å²) in [6.07, 6.45) is 1.41. The molecular formula is C16H10BrF2N3O2. The monoisotopic (exact) mass is 393 g/mol. The molecule has 0 fully saturated rings. The van der Waals surface area contributed by atoms with Crippen LogP contribution in [0, 0.1) is 18.6 Å². The standard InChI is InChI=1S/C16H10BrF2N3O2/c1-7-6-20-22-15-9(7)5-10(16(23)24)14(13(15)19)21-12-3-2-8(17)4-11(12)18/h2-6,21H,1H3,(H,23,24). The molecule has 0 unspecified atom stereocenters. The third-order valence-corrected chi connectivity index (χ3v) is 3.99. The first-order valence-electron chi connectivity index (χ1n) is 6.78. The van der Waals surface area contributed by atoms with Crippen molar-refractivity contribution < 1.29 is 18.7 Å². The number of aromatic nitrogens is 2. The number of fused-ring (bicyclic) bond motifs is 1. The second-order valence-electron chi connectivity index (χ2n) is 5.09. The van der Waals surface area contributed by atoms with Gasteiger partial charge in [-0.1, -0.05) is 15.9 Å². The summed E-state index contributed by atoms with van der Waals surface area (Å²) in [5, 5.41) is 19.6. The zero-order valence-electron chi connectivity index (χ0n) is 12.3. The van der Waals surface area contributed by atoms with Gasteiger partial charge in [0.15, 0.2) is 5.82 Å². The Bertz CT molecular complexity index is 979. The molecule has 0 saturated heterocycles. The molecule has 122 valence electrons. The van der Waals surface area contributed by atoms with Gasteiger partial charge in [0.25, 0.3) is 0 Å². The molecule has 1 heterocycles. The van der Waals surface area contributed by atoms with Crippen LogP contribution in [0.2, 0.25) is 0 Å². The topological polar surface area (TPSA) is 75.1 Å². The fourth-order valence-corrected chi connectivity index (χ4v) is 2.63. The van der Waals surface area contributed by atoms with Crippen molar-refractivity contribution in [3.63, 3.8) is 0 Å². The van der Waals surface area contributed by atoms with E-state index >= 15 is 0 Å². The van der Waals surface area contributed by atoms with E-state index in [1.165, 1.54) is 24.4 Å². The number of nitrogens with zero attached hydrogens (tertiary/aromatic N) is 2. The first-order chi connectivity index (χ1) is 11.4. The van der Waals surface area contributed by atoms with Crippen LogP contribution in [0.3, 0.4) is 0 Å². The van der Waals surface area contributed by atoms with Crippen molar-refractivity contribution in [2.45, 2.75) is 6.92 Å². The zero-order chi connectivity index (χ0) is 17.4. The Balaban J connectivity index is 2.24. The van der Waals surface area contributed by atoms with Gasteiger partial charge in [-0.05, 0) is 36.8 Å². The van der Waals surface area contributed by atoms with Crippen LogP contribution in [0.5, 0.6) is 0 Å². The molecule has 0 bridgehead atoms. The van der Waals surface area contributed by atoms with Crippen LogP contribution in [0.25, 0.3) is 10.9 Å². The maximum atomic E-state index is 14.8. The van der Waals surface area contributed by atoms with Crippen LogP contribution < -0.4 is 5.32 Å². The van der Waals surface area contributed by atoms with Crippen molar-refractivity contribution >= 4 is 44.2 Å². The highest BCUT2D eigenvalue weighted by Crippen LogP contribution is 2.32. The van der Waals surface area contributed by atoms with E-state index in [0.717, 1.165) is 0 Å². The highest BCUT2D eigenvalue weighted by atomic mass is 79.9. The number of hydrogen-bond acceptors (Lipinski definition) is 4. The lowest BCUT2D eigenvalue weighted by atomic mass is 10.0. The van der Waals surface area contributed by atoms with Gasteiger partial charge in [0.2, 0.25) is 0 Å². The summed E-state index contributed by atoms with van der Waals surface area (Å²) in [6.45, 7) is 1.67. The first-order valence-corrected chi connectivity index (χ1v) is 7.57. The van der Waals surface area contributed by atoms with Crippen LogP contribution in [0.15, 0.2) is 34.9 Å². The molecule has 3 aromatic rings. The van der Waals surface area contributed by atoms with E-state index in [0.29, 0.717) is 15.4 Å². The fourth-order valence-electron chi connectivity index (χ4n) is 2.30. The van der Waals surface area contributed by atoms with Crippen molar-refractivity contribution in [1.29, 1.82) is 0 Å². The molecule has 3 rings (SSSR count). The summed E-state index contributed by atoms with van der Waals surface area (Å²) in [7, 11) is 0. The van der Waals surface area contributed by atoms with Gasteiger partial charge in [0, 0.05) is 9.86 Å². The normalized spacial score (nSPS) is 10.8. The molecule has 0 radical (unpaired) electrons. The molecule has 2 N–H and O–H groups in total. The number of aromatic carboxylic acids is 1. The molecule has 8 heteroatoms. The molecule has 0 amide bonds. The number of nitrogens with one attached hydrogen (secondary N) is 1. The van der Waals surface area contributed by atoms with E-state index in [9.17, 15) is 18.7 Å². The van der Waals surface area contributed by atoms with E-state index in [4.69, 9.17) is 0 Å². The van der Waals surface area contributed by atoms with Crippen LogP contribution in [-0.4, -0.2) is 21.3 Å². The minimum absolute atomic E-state index is 0.0560. The lowest BCUT2D eigenvalue weighted by Crippen LogP contribution is -2.08. The van der Waals surface area contributed by atoms with Crippen molar-refractivity contribution in [2.75, 3.05) is 5.32 Å². The van der Waals surface area contributed by atoms with Crippen molar-refractivity contribution in [3.05, 3.63) is 57.7 Å². The number of carboxylic acid groups (broad SMARTS) is 1. The fraction of sp³-hybridized carbons (Fsp3) is 0.0625. The van der Waals surface area contributed by atoms with Gasteiger partial charge in [0.05, 0.1) is 23.1 Å². The summed E-state index contributed by atoms with van der Waals surface area (Å²) in [5.41, 5.74) is -0.239. The largest absolute Gasteiger partial charge is 0.478 e. The second-order valence-corrected chi connectivity index (χ2v) is 6.01. The van der Waals surface area contributed by atoms with E-state index in [1.54, 1.807) is 13.0 Å². The van der Waals surface area contributed by atoms with E-state index in [-0.39, 0.29) is 22.5 Å². The number of benzene rings is 2. The maximum absolute atomic E-state index is 14.8. The van der Waals surface area contributed by atoms with Crippen molar-refractivity contribution in [1.82, 2.24) is 10.2 Å². The average molecular weight is 394 g/mol. The molecule has 2 aromatic carbocycles. The highest BCUT2D eigenvalue weighted by Gasteiger charge is 2.21. The number of hydrogen-bond donors (Lipinski definition) is 2. The summed E-state index contributed by atoms with van der Waals surface area (Å²) < 4.78 is 29.3. The lowest BCUT2D eigenvalue weighted by Gasteiger charge is -2.14. The van der Waals surface area contributed by atoms with Crippen LogP contribution in [0.1, 0.15) is 15.9 Å². The third kappa shape index (κ3) is 2.80. The molecule has 0 aliphatic rings. The van der Waals surface area contributed by atoms with Gasteiger partial charge in [0.1, 0.15) is 11.3 Å². The predicted molar refractivity (Wildman–Crippen MR) is 88.6 cm³/mol. The Morgan fingerprint density at radius 3 is 2.71 bits per heavy atom. The van der Waals surface area contributed by atoms with Gasteiger partial charge >= 0.3 is 5.97 Å². The number of aryl methyl sites for hydroxylation is 1. The molecule has 0 aliphatic heterocycles. The zero-order valence-corrected chi connectivity index (χ0v) is 13.9. The number of rotatable bonds is 3. The molecule has 0 saturated carbocycles. The van der Waals surface area contributed by atoms with E-state index in [1.807, 2.05) is 0 Å². The van der Waals surface area contributed by atoms with E-state index in [2.05, 4.69) is 31.4 Å². The number of anilines is 2. The summed E-state index contributed by atoms with van der Waals surface area (Å²) in [5.74, 6) is -2.90. The number of halogens is 3. The van der Waals surface area contributed by atoms with Crippen molar-refractivity contribution in [3.8, 4) is 0 Å². The minimum Gasteiger partial charge on any atom is -0.478 e. The van der Waals surface area contributed by atoms with Crippen LogP contribution in [-0.2, 0) is 0 Å². The Kier molecular flexibility index (Phi) is 4.15. The predicted octanol–water partition coefficient (Wildman–Crippen LogP) is 4.42. The maximum Gasteiger partial charge on any atom is 0.337 e. The molecule has 5 nitrogen and oxygen atoms in total. The number of carbonyl (C=O) groups is 1. The van der Waals surface area contributed by atoms with Gasteiger partial charge < -0.3 is 10.4 Å². The Morgan fingerprint density at radius 2 is 2.04 bits per heavy atom. The summed E-state index contributed by atoms with van der Waals surface area (Å²) in [6, 6.07) is 5.40. The van der Waals surface area contributed by atoms with Crippen LogP contribution >= 0.6 is 15.9 Å². The van der Waals surface area contributed by atoms with Gasteiger partial charge in [-0.2, -0.15) is 5.10 Å². The van der Waals surface area contributed by atoms with Crippen molar-refractivity contribution in [2.24, 2.45) is 0 Å². The van der Waals surface area contributed by atoms with Crippen LogP contribution in [0.4, 0.5) is 20.2 Å². The Hall–Kier alpha value is -2.61. The minimum atomic E-state index is -1.34. The smallest absolute Gasteiger partial charge is 0.337 e. The van der Waals surface area contributed by atoms with E-state index < -0.39 is 17.6 Å². The quantitative estimate of drug-likeness (QED) is 0.688. The van der Waals surface area contributed by atoms with Gasteiger partial charge in [-0.25, -0.2) is 13.6 Å². The highest BCUT2D eigenvalue weighted by molar-refractivity contribution is 9.10. The molecule has 1 aromatic heterocycles. The second kappa shape index (κ2) is 6.12. The lowest BCUT2D eigenvalue weighted by molar-refractivity contribution is 0.0697. The Morgan fingerprint density at radius 1 is 1.29 bits per heavy atom. The number of carboxylic acids is 1. The van der Waals surface area contributed by atoms with Gasteiger partial charge in [-0.3, -0.25) is 0 Å². The summed E-state index contributed by atoms with van der Waals surface area (Å²) in [4.78, 5) is 11.5.